The zero-order valence-corrected chi connectivity index (χ0v) is 14.0. The lowest BCUT2D eigenvalue weighted by molar-refractivity contribution is -0.134. The van der Waals surface area contributed by atoms with Crippen molar-refractivity contribution in [2.75, 3.05) is 11.9 Å². The van der Waals surface area contributed by atoms with Crippen molar-refractivity contribution in [3.05, 3.63) is 65.2 Å². The highest BCUT2D eigenvalue weighted by atomic mass is 35.5. The summed E-state index contributed by atoms with van der Waals surface area (Å²) in [6, 6.07) is 11.2. The highest BCUT2D eigenvalue weighted by Crippen LogP contribution is 2.27. The van der Waals surface area contributed by atoms with E-state index in [-0.39, 0.29) is 23.2 Å². The molecule has 5 nitrogen and oxygen atoms in total. The summed E-state index contributed by atoms with van der Waals surface area (Å²) in [4.78, 5) is 19.4. The van der Waals surface area contributed by atoms with Gasteiger partial charge in [-0.3, -0.25) is 4.79 Å². The summed E-state index contributed by atoms with van der Waals surface area (Å²) in [5.41, 5.74) is 1.33. The van der Waals surface area contributed by atoms with Crippen molar-refractivity contribution in [2.24, 2.45) is 0 Å². The molecule has 0 aliphatic carbocycles. The molecule has 0 saturated heterocycles. The zero-order chi connectivity index (χ0) is 18.7. The van der Waals surface area contributed by atoms with E-state index in [9.17, 15) is 13.6 Å². The van der Waals surface area contributed by atoms with Crippen LogP contribution in [0.15, 0.2) is 48.5 Å². The lowest BCUT2D eigenvalue weighted by Gasteiger charge is -2.10. The van der Waals surface area contributed by atoms with E-state index in [1.807, 2.05) is 0 Å². The Morgan fingerprint density at radius 3 is 2.38 bits per heavy atom. The number of hydrogen-bond donors (Lipinski definition) is 2. The monoisotopic (exact) mass is 375 g/mol. The van der Waals surface area contributed by atoms with Crippen LogP contribution in [0.25, 0.3) is 22.6 Å². The molecule has 1 heterocycles. The Bertz CT molecular complexity index is 965. The summed E-state index contributed by atoms with van der Waals surface area (Å²) < 4.78 is 26.9. The molecule has 0 atom stereocenters. The molecule has 0 unspecified atom stereocenters. The quantitative estimate of drug-likeness (QED) is 0.697. The van der Waals surface area contributed by atoms with Gasteiger partial charge in [0.05, 0.1) is 10.7 Å². The van der Waals surface area contributed by atoms with Gasteiger partial charge in [0, 0.05) is 17.2 Å². The summed E-state index contributed by atoms with van der Waals surface area (Å²) in [5, 5.41) is 11.5. The number of anilines is 1. The number of carboxylic acids is 1. The molecule has 0 bridgehead atoms. The van der Waals surface area contributed by atoms with Gasteiger partial charge in [-0.1, -0.05) is 17.7 Å². The highest BCUT2D eigenvalue weighted by Gasteiger charge is 2.11. The topological polar surface area (TPSA) is 75.1 Å². The molecule has 0 saturated carbocycles. The Kier molecular flexibility index (Phi) is 5.09. The third kappa shape index (κ3) is 4.12. The summed E-state index contributed by atoms with van der Waals surface area (Å²) in [6.07, 6.45) is 0. The predicted molar refractivity (Wildman–Crippen MR) is 94.0 cm³/mol. The molecule has 0 aliphatic heterocycles. The third-order valence-corrected chi connectivity index (χ3v) is 3.77. The van der Waals surface area contributed by atoms with Crippen LogP contribution in [0.4, 0.5) is 14.6 Å². The molecule has 0 radical (unpaired) electrons. The maximum Gasteiger partial charge on any atom is 0.322 e. The van der Waals surface area contributed by atoms with Crippen molar-refractivity contribution in [1.82, 2.24) is 9.97 Å². The fourth-order valence-electron chi connectivity index (χ4n) is 2.24. The first-order valence-corrected chi connectivity index (χ1v) is 7.86. The van der Waals surface area contributed by atoms with Crippen LogP contribution in [0.5, 0.6) is 0 Å². The minimum Gasteiger partial charge on any atom is -0.480 e. The van der Waals surface area contributed by atoms with Gasteiger partial charge in [0.15, 0.2) is 5.82 Å². The standard InChI is InChI=1S/C18H12ClF2N3O2/c19-13-6-3-11(7-14(13)21)15-8-16(22-9-17(25)26)24-18(23-15)10-1-4-12(20)5-2-10/h1-8H,9H2,(H,25,26)(H,22,23,24). The normalized spacial score (nSPS) is 10.6. The van der Waals surface area contributed by atoms with E-state index in [1.54, 1.807) is 6.07 Å². The largest absolute Gasteiger partial charge is 0.480 e. The van der Waals surface area contributed by atoms with Crippen LogP contribution in [0, 0.1) is 11.6 Å². The molecule has 1 aromatic heterocycles. The lowest BCUT2D eigenvalue weighted by atomic mass is 10.1. The lowest BCUT2D eigenvalue weighted by Crippen LogP contribution is -2.13. The van der Waals surface area contributed by atoms with E-state index in [2.05, 4.69) is 15.3 Å². The van der Waals surface area contributed by atoms with Gasteiger partial charge < -0.3 is 10.4 Å². The number of benzene rings is 2. The van der Waals surface area contributed by atoms with Crippen LogP contribution < -0.4 is 5.32 Å². The molecule has 132 valence electrons. The number of rotatable bonds is 5. The molecule has 3 aromatic rings. The number of aromatic nitrogens is 2. The first kappa shape index (κ1) is 17.8. The summed E-state index contributed by atoms with van der Waals surface area (Å²) in [5.74, 6) is -1.59. The molecule has 0 spiro atoms. The molecule has 2 aromatic carbocycles. The number of nitrogens with one attached hydrogen (secondary N) is 1. The predicted octanol–water partition coefficient (Wildman–Crippen LogP) is 4.24. The minimum atomic E-state index is -1.06. The molecule has 0 fully saturated rings. The second kappa shape index (κ2) is 7.45. The molecule has 3 rings (SSSR count). The summed E-state index contributed by atoms with van der Waals surface area (Å²) >= 11 is 5.71. The molecule has 2 N–H and O–H groups in total. The van der Waals surface area contributed by atoms with Gasteiger partial charge in [-0.2, -0.15) is 0 Å². The molecular formula is C18H12ClF2N3O2. The Morgan fingerprint density at radius 1 is 1.04 bits per heavy atom. The van der Waals surface area contributed by atoms with Crippen molar-refractivity contribution >= 4 is 23.4 Å². The number of nitrogens with zero attached hydrogens (tertiary/aromatic N) is 2. The van der Waals surface area contributed by atoms with Crippen molar-refractivity contribution < 1.29 is 18.7 Å². The zero-order valence-electron chi connectivity index (χ0n) is 13.2. The summed E-state index contributed by atoms with van der Waals surface area (Å²) in [7, 11) is 0. The van der Waals surface area contributed by atoms with Gasteiger partial charge in [0.1, 0.15) is 24.0 Å². The third-order valence-electron chi connectivity index (χ3n) is 3.46. The number of aliphatic carboxylic acids is 1. The van der Waals surface area contributed by atoms with Crippen molar-refractivity contribution in [3.63, 3.8) is 0 Å². The minimum absolute atomic E-state index is 0.0224. The SMILES string of the molecule is O=C(O)CNc1cc(-c2ccc(Cl)c(F)c2)nc(-c2ccc(F)cc2)n1. The van der Waals surface area contributed by atoms with E-state index in [0.717, 1.165) is 0 Å². The van der Waals surface area contributed by atoms with Crippen LogP contribution in [-0.2, 0) is 4.79 Å². The van der Waals surface area contributed by atoms with E-state index in [4.69, 9.17) is 16.7 Å². The Labute approximate surface area is 152 Å². The Hall–Kier alpha value is -3.06. The van der Waals surface area contributed by atoms with E-state index in [1.165, 1.54) is 42.5 Å². The number of carboxylic acid groups (broad SMARTS) is 1. The van der Waals surface area contributed by atoms with Crippen LogP contribution in [0.3, 0.4) is 0 Å². The van der Waals surface area contributed by atoms with Gasteiger partial charge in [0.2, 0.25) is 0 Å². The van der Waals surface area contributed by atoms with E-state index < -0.39 is 17.6 Å². The average Bonchev–Trinajstić information content (AvgIpc) is 2.62. The van der Waals surface area contributed by atoms with Crippen molar-refractivity contribution in [3.8, 4) is 22.6 Å². The number of halogens is 3. The fraction of sp³-hybridized carbons (Fsp3) is 0.0556. The number of hydrogen-bond acceptors (Lipinski definition) is 4. The van der Waals surface area contributed by atoms with E-state index >= 15 is 0 Å². The first-order valence-electron chi connectivity index (χ1n) is 7.48. The highest BCUT2D eigenvalue weighted by molar-refractivity contribution is 6.30. The number of carbonyl (C=O) groups is 1. The fourth-order valence-corrected chi connectivity index (χ4v) is 2.35. The van der Waals surface area contributed by atoms with Gasteiger partial charge in [0.25, 0.3) is 0 Å². The molecule has 26 heavy (non-hydrogen) atoms. The first-order chi connectivity index (χ1) is 12.4. The summed E-state index contributed by atoms with van der Waals surface area (Å²) in [6.45, 7) is -0.353. The maximum atomic E-state index is 13.8. The van der Waals surface area contributed by atoms with Crippen LogP contribution in [0.2, 0.25) is 5.02 Å². The smallest absolute Gasteiger partial charge is 0.322 e. The molecule has 0 amide bonds. The van der Waals surface area contributed by atoms with Crippen LogP contribution >= 0.6 is 11.6 Å². The Morgan fingerprint density at radius 2 is 1.73 bits per heavy atom. The second-order valence-corrected chi connectivity index (χ2v) is 5.75. The van der Waals surface area contributed by atoms with Gasteiger partial charge >= 0.3 is 5.97 Å². The van der Waals surface area contributed by atoms with Crippen LogP contribution in [-0.4, -0.2) is 27.6 Å². The molecule has 8 heteroatoms. The van der Waals surface area contributed by atoms with Gasteiger partial charge in [-0.05, 0) is 36.4 Å². The molecule has 0 aliphatic rings. The van der Waals surface area contributed by atoms with Crippen molar-refractivity contribution in [1.29, 1.82) is 0 Å². The second-order valence-electron chi connectivity index (χ2n) is 5.35. The van der Waals surface area contributed by atoms with Gasteiger partial charge in [-0.25, -0.2) is 18.7 Å². The average molecular weight is 376 g/mol. The van der Waals surface area contributed by atoms with E-state index in [0.29, 0.717) is 16.8 Å². The Balaban J connectivity index is 2.08. The molecular weight excluding hydrogens is 364 g/mol. The van der Waals surface area contributed by atoms with Gasteiger partial charge in [-0.15, -0.1) is 0 Å². The van der Waals surface area contributed by atoms with Crippen LogP contribution in [0.1, 0.15) is 0 Å². The van der Waals surface area contributed by atoms with Crippen molar-refractivity contribution in [2.45, 2.75) is 0 Å². The maximum absolute atomic E-state index is 13.8.